The van der Waals surface area contributed by atoms with E-state index in [2.05, 4.69) is 5.32 Å². The van der Waals surface area contributed by atoms with Crippen molar-refractivity contribution in [3.63, 3.8) is 0 Å². The van der Waals surface area contributed by atoms with Gasteiger partial charge in [-0.1, -0.05) is 0 Å². The van der Waals surface area contributed by atoms with Crippen LogP contribution in [0.2, 0.25) is 0 Å². The van der Waals surface area contributed by atoms with Crippen molar-refractivity contribution in [2.45, 2.75) is 13.8 Å². The summed E-state index contributed by atoms with van der Waals surface area (Å²) >= 11 is 0. The van der Waals surface area contributed by atoms with Gasteiger partial charge in [0, 0.05) is 18.7 Å². The van der Waals surface area contributed by atoms with Crippen LogP contribution in [-0.2, 0) is 4.79 Å². The smallest absolute Gasteiger partial charge is 0.287 e. The highest BCUT2D eigenvalue weighted by Crippen LogP contribution is 2.27. The molecule has 0 heterocycles. The van der Waals surface area contributed by atoms with E-state index in [1.807, 2.05) is 0 Å². The van der Waals surface area contributed by atoms with E-state index in [0.717, 1.165) is 0 Å². The molecule has 0 atom stereocenters. The first kappa shape index (κ1) is 11.7. The van der Waals surface area contributed by atoms with Gasteiger partial charge in [0.15, 0.2) is 0 Å². The summed E-state index contributed by atoms with van der Waals surface area (Å²) in [5.74, 6) is -0.291. The van der Waals surface area contributed by atoms with Gasteiger partial charge in [0.05, 0.1) is 4.92 Å². The standard InChI is InChI=1S/C10H9N3O3/c1-6-8(5-11)10(13(15)16)4-3-9(6)12-7(2)14/h3-4H,1-2H3,(H,12,14). The SMILES string of the molecule is CC(=O)Nc1ccc([N+](=O)[O-])c(C#N)c1C. The molecule has 0 aliphatic heterocycles. The monoisotopic (exact) mass is 219 g/mol. The van der Waals surface area contributed by atoms with Crippen LogP contribution < -0.4 is 5.32 Å². The second kappa shape index (κ2) is 4.40. The lowest BCUT2D eigenvalue weighted by molar-refractivity contribution is -0.385. The highest BCUT2D eigenvalue weighted by molar-refractivity contribution is 5.90. The van der Waals surface area contributed by atoms with Crippen molar-refractivity contribution in [3.05, 3.63) is 33.4 Å². The van der Waals surface area contributed by atoms with Gasteiger partial charge in [-0.05, 0) is 18.6 Å². The van der Waals surface area contributed by atoms with E-state index in [4.69, 9.17) is 5.26 Å². The van der Waals surface area contributed by atoms with Gasteiger partial charge >= 0.3 is 0 Å². The molecule has 0 bridgehead atoms. The molecule has 0 aliphatic rings. The number of rotatable bonds is 2. The molecule has 6 nitrogen and oxygen atoms in total. The van der Waals surface area contributed by atoms with E-state index in [1.54, 1.807) is 13.0 Å². The lowest BCUT2D eigenvalue weighted by atomic mass is 10.1. The van der Waals surface area contributed by atoms with Crippen molar-refractivity contribution in [1.29, 1.82) is 5.26 Å². The number of nitrogens with one attached hydrogen (secondary N) is 1. The predicted octanol–water partition coefficient (Wildman–Crippen LogP) is 1.73. The van der Waals surface area contributed by atoms with E-state index in [1.165, 1.54) is 19.1 Å². The van der Waals surface area contributed by atoms with Crippen molar-refractivity contribution < 1.29 is 9.72 Å². The van der Waals surface area contributed by atoms with Crippen LogP contribution in [0.25, 0.3) is 0 Å². The first-order chi connectivity index (χ1) is 7.47. The van der Waals surface area contributed by atoms with Crippen LogP contribution in [-0.4, -0.2) is 10.8 Å². The number of benzene rings is 1. The van der Waals surface area contributed by atoms with Gasteiger partial charge in [-0.25, -0.2) is 0 Å². The highest BCUT2D eigenvalue weighted by Gasteiger charge is 2.18. The second-order valence-electron chi connectivity index (χ2n) is 3.18. The first-order valence-corrected chi connectivity index (χ1v) is 4.43. The molecule has 0 spiro atoms. The Hall–Kier alpha value is -2.42. The molecule has 1 amide bonds. The molecule has 0 aromatic heterocycles. The molecule has 6 heteroatoms. The average molecular weight is 219 g/mol. The van der Waals surface area contributed by atoms with Crippen molar-refractivity contribution in [2.75, 3.05) is 5.32 Å². The van der Waals surface area contributed by atoms with E-state index < -0.39 is 4.92 Å². The summed E-state index contributed by atoms with van der Waals surface area (Å²) in [7, 11) is 0. The molecule has 82 valence electrons. The Kier molecular flexibility index (Phi) is 3.20. The molecule has 1 aromatic rings. The summed E-state index contributed by atoms with van der Waals surface area (Å²) in [6.45, 7) is 2.88. The molecule has 0 radical (unpaired) electrons. The zero-order chi connectivity index (χ0) is 12.3. The lowest BCUT2D eigenvalue weighted by Crippen LogP contribution is -2.08. The van der Waals surface area contributed by atoms with Crippen LogP contribution in [0.4, 0.5) is 11.4 Å². The minimum Gasteiger partial charge on any atom is -0.326 e. The van der Waals surface area contributed by atoms with Crippen LogP contribution in [0.15, 0.2) is 12.1 Å². The maximum atomic E-state index is 10.9. The van der Waals surface area contributed by atoms with Crippen LogP contribution in [0.1, 0.15) is 18.1 Å². The number of hydrogen-bond acceptors (Lipinski definition) is 4. The Labute approximate surface area is 91.6 Å². The van der Waals surface area contributed by atoms with Gasteiger partial charge in [-0.3, -0.25) is 14.9 Å². The number of nitriles is 1. The number of nitro groups is 1. The molecule has 16 heavy (non-hydrogen) atoms. The Morgan fingerprint density at radius 2 is 2.19 bits per heavy atom. The van der Waals surface area contributed by atoms with Gasteiger partial charge in [0.25, 0.3) is 5.69 Å². The maximum Gasteiger partial charge on any atom is 0.287 e. The van der Waals surface area contributed by atoms with Crippen molar-refractivity contribution in [3.8, 4) is 6.07 Å². The summed E-state index contributed by atoms with van der Waals surface area (Å²) in [6, 6.07) is 4.38. The summed E-state index contributed by atoms with van der Waals surface area (Å²) in [4.78, 5) is 20.9. The lowest BCUT2D eigenvalue weighted by Gasteiger charge is -2.07. The topological polar surface area (TPSA) is 96.0 Å². The van der Waals surface area contributed by atoms with E-state index in [9.17, 15) is 14.9 Å². The Morgan fingerprint density at radius 1 is 1.56 bits per heavy atom. The summed E-state index contributed by atoms with van der Waals surface area (Å²) in [5, 5.41) is 22.0. The first-order valence-electron chi connectivity index (χ1n) is 4.43. The molecular formula is C10H9N3O3. The fourth-order valence-electron chi connectivity index (χ4n) is 1.32. The van der Waals surface area contributed by atoms with Gasteiger partial charge in [-0.15, -0.1) is 0 Å². The minimum absolute atomic E-state index is 0.0312. The van der Waals surface area contributed by atoms with Gasteiger partial charge in [0.2, 0.25) is 5.91 Å². The fraction of sp³-hybridized carbons (Fsp3) is 0.200. The molecule has 0 saturated carbocycles. The molecular weight excluding hydrogens is 210 g/mol. The molecule has 1 N–H and O–H groups in total. The number of nitrogens with zero attached hydrogens (tertiary/aromatic N) is 2. The predicted molar refractivity (Wildman–Crippen MR) is 56.9 cm³/mol. The van der Waals surface area contributed by atoms with Crippen molar-refractivity contribution in [2.24, 2.45) is 0 Å². The molecule has 1 aromatic carbocycles. The van der Waals surface area contributed by atoms with E-state index in [-0.39, 0.29) is 17.2 Å². The summed E-state index contributed by atoms with van der Waals surface area (Å²) < 4.78 is 0. The van der Waals surface area contributed by atoms with Gasteiger partial charge in [0.1, 0.15) is 11.6 Å². The Morgan fingerprint density at radius 3 is 2.62 bits per heavy atom. The third-order valence-electron chi connectivity index (χ3n) is 2.06. The zero-order valence-electron chi connectivity index (χ0n) is 8.77. The largest absolute Gasteiger partial charge is 0.326 e. The van der Waals surface area contributed by atoms with Crippen molar-refractivity contribution >= 4 is 17.3 Å². The highest BCUT2D eigenvalue weighted by atomic mass is 16.6. The second-order valence-corrected chi connectivity index (χ2v) is 3.18. The number of amides is 1. The fourth-order valence-corrected chi connectivity index (χ4v) is 1.32. The van der Waals surface area contributed by atoms with Crippen LogP contribution in [0.5, 0.6) is 0 Å². The van der Waals surface area contributed by atoms with Gasteiger partial charge in [-0.2, -0.15) is 5.26 Å². The Bertz CT molecular complexity index is 503. The van der Waals surface area contributed by atoms with Crippen LogP contribution >= 0.6 is 0 Å². The number of nitro benzene ring substituents is 1. The molecule has 0 aliphatic carbocycles. The van der Waals surface area contributed by atoms with Crippen LogP contribution in [0.3, 0.4) is 0 Å². The van der Waals surface area contributed by atoms with Gasteiger partial charge < -0.3 is 5.32 Å². The average Bonchev–Trinajstić information content (AvgIpc) is 2.19. The normalized spacial score (nSPS) is 9.31. The van der Waals surface area contributed by atoms with Crippen LogP contribution in [0, 0.1) is 28.4 Å². The zero-order valence-corrected chi connectivity index (χ0v) is 8.77. The molecule has 0 saturated heterocycles. The third-order valence-corrected chi connectivity index (χ3v) is 2.06. The number of carbonyl (C=O) groups excluding carboxylic acids is 1. The van der Waals surface area contributed by atoms with Crippen molar-refractivity contribution in [1.82, 2.24) is 0 Å². The Balaban J connectivity index is 3.35. The maximum absolute atomic E-state index is 10.9. The molecule has 0 fully saturated rings. The molecule has 1 rings (SSSR count). The summed E-state index contributed by atoms with van der Waals surface area (Å²) in [6.07, 6.45) is 0. The third kappa shape index (κ3) is 2.15. The summed E-state index contributed by atoms with van der Waals surface area (Å²) in [5.41, 5.74) is 0.520. The quantitative estimate of drug-likeness (QED) is 0.605. The number of carbonyl (C=O) groups is 1. The minimum atomic E-state index is -0.622. The number of anilines is 1. The van der Waals surface area contributed by atoms with E-state index >= 15 is 0 Å². The van der Waals surface area contributed by atoms with E-state index in [0.29, 0.717) is 11.3 Å². The molecule has 0 unspecified atom stereocenters. The number of hydrogen-bond donors (Lipinski definition) is 1.